The first-order valence-corrected chi connectivity index (χ1v) is 7.89. The topological polar surface area (TPSA) is 29.1 Å². The van der Waals surface area contributed by atoms with Gasteiger partial charge in [-0.2, -0.15) is 0 Å². The first-order chi connectivity index (χ1) is 9.58. The number of fused-ring (bicyclic) bond motifs is 1. The van der Waals surface area contributed by atoms with Gasteiger partial charge in [0.2, 0.25) is 0 Å². The van der Waals surface area contributed by atoms with Crippen LogP contribution in [0, 0.1) is 5.92 Å². The van der Waals surface area contributed by atoms with Crippen LogP contribution in [-0.2, 0) is 0 Å². The molecule has 3 heteroatoms. The van der Waals surface area contributed by atoms with E-state index in [9.17, 15) is 4.79 Å². The van der Waals surface area contributed by atoms with Gasteiger partial charge in [0.15, 0.2) is 0 Å². The van der Waals surface area contributed by atoms with Gasteiger partial charge in [-0.25, -0.2) is 0 Å². The first-order valence-electron chi connectivity index (χ1n) is 6.98. The Balaban J connectivity index is 2.08. The second kappa shape index (κ2) is 6.89. The molecule has 20 heavy (non-hydrogen) atoms. The molecule has 0 saturated heterocycles. The lowest BCUT2D eigenvalue weighted by Gasteiger charge is -2.14. The van der Waals surface area contributed by atoms with E-state index in [-0.39, 0.29) is 5.91 Å². The second-order valence-corrected chi connectivity index (χ2v) is 6.76. The zero-order chi connectivity index (χ0) is 14.5. The van der Waals surface area contributed by atoms with Crippen molar-refractivity contribution in [2.45, 2.75) is 25.1 Å². The quantitative estimate of drug-likeness (QED) is 0.808. The minimum atomic E-state index is -0.00462. The van der Waals surface area contributed by atoms with Crippen molar-refractivity contribution in [3.05, 3.63) is 48.0 Å². The molecule has 1 atom stereocenters. The van der Waals surface area contributed by atoms with E-state index in [1.54, 1.807) is 0 Å². The number of alkyl halides is 1. The van der Waals surface area contributed by atoms with E-state index in [0.717, 1.165) is 22.8 Å². The lowest BCUT2D eigenvalue weighted by atomic mass is 10.0. The number of carbonyl (C=O) groups is 1. The Hall–Kier alpha value is -1.35. The number of carbonyl (C=O) groups excluding carboxylic acids is 1. The lowest BCUT2D eigenvalue weighted by molar-refractivity contribution is 0.0955. The molecule has 0 aromatic heterocycles. The number of hydrogen-bond donors (Lipinski definition) is 1. The van der Waals surface area contributed by atoms with E-state index >= 15 is 0 Å². The van der Waals surface area contributed by atoms with Crippen LogP contribution < -0.4 is 5.32 Å². The highest BCUT2D eigenvalue weighted by Gasteiger charge is 2.12. The van der Waals surface area contributed by atoms with Crippen LogP contribution in [0.5, 0.6) is 0 Å². The molecule has 0 radical (unpaired) electrons. The van der Waals surface area contributed by atoms with Crippen LogP contribution in [0.3, 0.4) is 0 Å². The molecule has 0 heterocycles. The fraction of sp³-hybridized carbons (Fsp3) is 0.353. The minimum absolute atomic E-state index is 0.00462. The Morgan fingerprint density at radius 1 is 1.15 bits per heavy atom. The molecule has 0 aliphatic rings. The second-order valence-electron chi connectivity index (χ2n) is 5.46. The summed E-state index contributed by atoms with van der Waals surface area (Å²) in [5.41, 5.74) is 0.743. The van der Waals surface area contributed by atoms with Gasteiger partial charge in [-0.15, -0.1) is 0 Å². The van der Waals surface area contributed by atoms with Gasteiger partial charge in [0, 0.05) is 16.9 Å². The minimum Gasteiger partial charge on any atom is -0.351 e. The molecule has 106 valence electrons. The van der Waals surface area contributed by atoms with Gasteiger partial charge >= 0.3 is 0 Å². The van der Waals surface area contributed by atoms with Gasteiger partial charge in [0.05, 0.1) is 0 Å². The SMILES string of the molecule is CC(C)CC(Br)CNC(=O)c1cccc2ccccc12. The van der Waals surface area contributed by atoms with Gasteiger partial charge in [-0.3, -0.25) is 4.79 Å². The summed E-state index contributed by atoms with van der Waals surface area (Å²) in [7, 11) is 0. The molecule has 2 aromatic carbocycles. The van der Waals surface area contributed by atoms with Crippen molar-refractivity contribution in [1.82, 2.24) is 5.32 Å². The van der Waals surface area contributed by atoms with E-state index in [2.05, 4.69) is 35.1 Å². The molecule has 0 aliphatic heterocycles. The Morgan fingerprint density at radius 2 is 1.85 bits per heavy atom. The highest BCUT2D eigenvalue weighted by Crippen LogP contribution is 2.18. The molecule has 1 amide bonds. The third-order valence-corrected chi connectivity index (χ3v) is 3.94. The molecule has 2 rings (SSSR count). The number of halogens is 1. The normalized spacial score (nSPS) is 12.6. The Bertz CT molecular complexity index is 589. The largest absolute Gasteiger partial charge is 0.351 e. The van der Waals surface area contributed by atoms with Crippen molar-refractivity contribution in [3.8, 4) is 0 Å². The van der Waals surface area contributed by atoms with Crippen LogP contribution in [0.4, 0.5) is 0 Å². The van der Waals surface area contributed by atoms with Gasteiger partial charge < -0.3 is 5.32 Å². The molecule has 1 N–H and O–H groups in total. The molecule has 0 aliphatic carbocycles. The molecular weight excluding hydrogens is 314 g/mol. The maximum absolute atomic E-state index is 12.3. The Kier molecular flexibility index (Phi) is 5.18. The van der Waals surface area contributed by atoms with Crippen LogP contribution in [0.15, 0.2) is 42.5 Å². The monoisotopic (exact) mass is 333 g/mol. The summed E-state index contributed by atoms with van der Waals surface area (Å²) < 4.78 is 0. The third kappa shape index (κ3) is 3.83. The van der Waals surface area contributed by atoms with E-state index in [1.807, 2.05) is 42.5 Å². The molecule has 1 unspecified atom stereocenters. The van der Waals surface area contributed by atoms with Gasteiger partial charge in [0.25, 0.3) is 5.91 Å². The van der Waals surface area contributed by atoms with E-state index in [0.29, 0.717) is 17.3 Å². The van der Waals surface area contributed by atoms with Crippen molar-refractivity contribution in [2.75, 3.05) is 6.54 Å². The first kappa shape index (κ1) is 15.0. The molecule has 0 spiro atoms. The smallest absolute Gasteiger partial charge is 0.251 e. The molecule has 2 aromatic rings. The maximum Gasteiger partial charge on any atom is 0.251 e. The van der Waals surface area contributed by atoms with E-state index in [4.69, 9.17) is 0 Å². The summed E-state index contributed by atoms with van der Waals surface area (Å²) >= 11 is 3.61. The number of nitrogens with one attached hydrogen (secondary N) is 1. The van der Waals surface area contributed by atoms with Crippen molar-refractivity contribution < 1.29 is 4.79 Å². The highest BCUT2D eigenvalue weighted by molar-refractivity contribution is 9.09. The van der Waals surface area contributed by atoms with Crippen LogP contribution in [-0.4, -0.2) is 17.3 Å². The lowest BCUT2D eigenvalue weighted by Crippen LogP contribution is -2.30. The van der Waals surface area contributed by atoms with Crippen molar-refractivity contribution in [1.29, 1.82) is 0 Å². The predicted octanol–water partition coefficient (Wildman–Crippen LogP) is 4.38. The summed E-state index contributed by atoms with van der Waals surface area (Å²) in [5.74, 6) is 0.615. The summed E-state index contributed by atoms with van der Waals surface area (Å²) in [6.45, 7) is 5.02. The number of amides is 1. The fourth-order valence-corrected chi connectivity index (χ4v) is 3.23. The maximum atomic E-state index is 12.3. The van der Waals surface area contributed by atoms with Crippen LogP contribution in [0.1, 0.15) is 30.6 Å². The molecule has 0 fully saturated rings. The molecule has 2 nitrogen and oxygen atoms in total. The molecule has 0 bridgehead atoms. The zero-order valence-electron chi connectivity index (χ0n) is 11.9. The van der Waals surface area contributed by atoms with Crippen molar-refractivity contribution >= 4 is 32.6 Å². The fourth-order valence-electron chi connectivity index (χ4n) is 2.32. The Labute approximate surface area is 128 Å². The summed E-state index contributed by atoms with van der Waals surface area (Å²) in [6, 6.07) is 13.8. The summed E-state index contributed by atoms with van der Waals surface area (Å²) in [5, 5.41) is 5.11. The summed E-state index contributed by atoms with van der Waals surface area (Å²) in [6.07, 6.45) is 1.05. The number of benzene rings is 2. The molecular formula is C17H20BrNO. The van der Waals surface area contributed by atoms with Crippen molar-refractivity contribution in [3.63, 3.8) is 0 Å². The van der Waals surface area contributed by atoms with Crippen LogP contribution >= 0.6 is 15.9 Å². The number of hydrogen-bond acceptors (Lipinski definition) is 1. The van der Waals surface area contributed by atoms with Crippen molar-refractivity contribution in [2.24, 2.45) is 5.92 Å². The Morgan fingerprint density at radius 3 is 2.60 bits per heavy atom. The standard InChI is InChI=1S/C17H20BrNO/c1-12(2)10-14(18)11-19-17(20)16-9-5-7-13-6-3-4-8-15(13)16/h3-9,12,14H,10-11H2,1-2H3,(H,19,20). The molecule has 0 saturated carbocycles. The van der Waals surface area contributed by atoms with E-state index in [1.165, 1.54) is 0 Å². The average Bonchev–Trinajstić information content (AvgIpc) is 2.43. The van der Waals surface area contributed by atoms with Crippen LogP contribution in [0.2, 0.25) is 0 Å². The van der Waals surface area contributed by atoms with Crippen LogP contribution in [0.25, 0.3) is 10.8 Å². The number of rotatable bonds is 5. The average molecular weight is 334 g/mol. The predicted molar refractivity (Wildman–Crippen MR) is 88.5 cm³/mol. The van der Waals surface area contributed by atoms with Gasteiger partial charge in [0.1, 0.15) is 0 Å². The zero-order valence-corrected chi connectivity index (χ0v) is 13.5. The third-order valence-electron chi connectivity index (χ3n) is 3.25. The summed E-state index contributed by atoms with van der Waals surface area (Å²) in [4.78, 5) is 12.6. The van der Waals surface area contributed by atoms with Gasteiger partial charge in [-0.05, 0) is 29.2 Å². The highest BCUT2D eigenvalue weighted by atomic mass is 79.9. The van der Waals surface area contributed by atoms with E-state index < -0.39 is 0 Å². The van der Waals surface area contributed by atoms with Gasteiger partial charge in [-0.1, -0.05) is 66.2 Å².